The van der Waals surface area contributed by atoms with E-state index in [1.165, 1.54) is 0 Å². The summed E-state index contributed by atoms with van der Waals surface area (Å²) in [6, 6.07) is 7.31. The van der Waals surface area contributed by atoms with E-state index in [1.807, 2.05) is 18.2 Å². The van der Waals surface area contributed by atoms with Gasteiger partial charge in [-0.15, -0.1) is 0 Å². The average Bonchev–Trinajstić information content (AvgIpc) is 3.18. The van der Waals surface area contributed by atoms with Gasteiger partial charge in [-0.05, 0) is 30.7 Å². The number of carbonyl (C=O) groups is 1. The molecule has 2 aromatic heterocycles. The van der Waals surface area contributed by atoms with Gasteiger partial charge >= 0.3 is 0 Å². The first-order chi connectivity index (χ1) is 13.6. The maximum atomic E-state index is 11.7. The number of nitrogens with one attached hydrogen (secondary N) is 5. The molecule has 0 atom stereocenters. The van der Waals surface area contributed by atoms with Crippen LogP contribution in [0.15, 0.2) is 43.0 Å². The number of amides is 1. The summed E-state index contributed by atoms with van der Waals surface area (Å²) in [6.07, 6.45) is 5.74. The highest BCUT2D eigenvalue weighted by Crippen LogP contribution is 2.18. The predicted octanol–water partition coefficient (Wildman–Crippen LogP) is 0.550. The minimum atomic E-state index is -0.118. The van der Waals surface area contributed by atoms with E-state index in [2.05, 4.69) is 41.2 Å². The monoisotopic (exact) mass is 376 g/mol. The van der Waals surface area contributed by atoms with Crippen LogP contribution in [0.5, 0.6) is 0 Å². The van der Waals surface area contributed by atoms with Crippen molar-refractivity contribution in [3.05, 3.63) is 48.7 Å². The molecule has 2 radical (unpaired) electrons. The lowest BCUT2D eigenvalue weighted by atomic mass is 9.99. The first-order valence-corrected chi connectivity index (χ1v) is 8.79. The van der Waals surface area contributed by atoms with Crippen LogP contribution in [0.25, 0.3) is 0 Å². The maximum Gasteiger partial charge on any atom is 0.238 e. The third-order valence-electron chi connectivity index (χ3n) is 3.80. The van der Waals surface area contributed by atoms with Gasteiger partial charge in [0.15, 0.2) is 0 Å². The minimum absolute atomic E-state index is 0.118. The molecule has 0 saturated heterocycles. The van der Waals surface area contributed by atoms with E-state index in [-0.39, 0.29) is 12.5 Å². The van der Waals surface area contributed by atoms with Crippen molar-refractivity contribution in [3.8, 4) is 0 Å². The number of likely N-dealkylation sites (N-methyl/N-ethyl adjacent to an activating group) is 1. The number of hydrogen-bond acceptors (Lipinski definition) is 7. The third-order valence-corrected chi connectivity index (χ3v) is 3.80. The van der Waals surface area contributed by atoms with Gasteiger partial charge in [-0.3, -0.25) is 4.79 Å². The predicted molar refractivity (Wildman–Crippen MR) is 110 cm³/mol. The summed E-state index contributed by atoms with van der Waals surface area (Å²) in [5, 5.41) is 11.9. The Morgan fingerprint density at radius 1 is 1.25 bits per heavy atom. The summed E-state index contributed by atoms with van der Waals surface area (Å²) in [6.45, 7) is 0.891. The number of rotatable bonds is 9. The zero-order valence-electron chi connectivity index (χ0n) is 15.5. The van der Waals surface area contributed by atoms with Gasteiger partial charge in [0.05, 0.1) is 12.9 Å². The molecule has 0 spiro atoms. The van der Waals surface area contributed by atoms with Crippen molar-refractivity contribution < 1.29 is 4.79 Å². The number of aromatic nitrogens is 4. The number of H-pyrrole nitrogens is 1. The normalized spacial score (nSPS) is 10.5. The molecule has 1 aromatic carbocycles. The molecule has 0 saturated carbocycles. The fraction of sp³-hybridized carbons (Fsp3) is 0.222. The average molecular weight is 376 g/mol. The second-order valence-corrected chi connectivity index (χ2v) is 6.04. The van der Waals surface area contributed by atoms with Crippen LogP contribution in [-0.4, -0.2) is 53.8 Å². The van der Waals surface area contributed by atoms with Crippen LogP contribution in [-0.2, 0) is 11.2 Å². The number of aromatic amines is 1. The van der Waals surface area contributed by atoms with Crippen molar-refractivity contribution in [2.75, 3.05) is 36.1 Å². The fourth-order valence-corrected chi connectivity index (χ4v) is 2.50. The number of carbonyl (C=O) groups excluding carboxylic acids is 1. The van der Waals surface area contributed by atoms with Gasteiger partial charge in [-0.1, -0.05) is 6.07 Å². The summed E-state index contributed by atoms with van der Waals surface area (Å²) in [7, 11) is 7.68. The smallest absolute Gasteiger partial charge is 0.238 e. The Kier molecular flexibility index (Phi) is 6.58. The molecule has 3 rings (SSSR count). The first-order valence-electron chi connectivity index (χ1n) is 8.79. The van der Waals surface area contributed by atoms with E-state index in [0.717, 1.165) is 17.8 Å². The van der Waals surface area contributed by atoms with Crippen molar-refractivity contribution in [2.24, 2.45) is 0 Å². The first kappa shape index (κ1) is 19.4. The molecular formula is C18H21BN8O. The van der Waals surface area contributed by atoms with Gasteiger partial charge in [-0.2, -0.15) is 4.98 Å². The van der Waals surface area contributed by atoms with Crippen LogP contribution in [0.2, 0.25) is 0 Å². The molecule has 10 heteroatoms. The molecule has 1 amide bonds. The molecule has 9 nitrogen and oxygen atoms in total. The number of benzene rings is 1. The fourth-order valence-electron chi connectivity index (χ4n) is 2.50. The molecule has 0 aliphatic heterocycles. The van der Waals surface area contributed by atoms with Crippen LogP contribution in [0.3, 0.4) is 0 Å². The van der Waals surface area contributed by atoms with Crippen molar-refractivity contribution >= 4 is 42.4 Å². The van der Waals surface area contributed by atoms with Crippen molar-refractivity contribution in [2.45, 2.75) is 6.42 Å². The van der Waals surface area contributed by atoms with E-state index in [1.54, 1.807) is 31.8 Å². The van der Waals surface area contributed by atoms with Gasteiger partial charge in [0.25, 0.3) is 0 Å². The molecule has 0 aliphatic rings. The number of imidazole rings is 1. The molecule has 3 aromatic rings. The van der Waals surface area contributed by atoms with Gasteiger partial charge in [0, 0.05) is 42.4 Å². The summed E-state index contributed by atoms with van der Waals surface area (Å²) < 4.78 is 0. The Labute approximate surface area is 164 Å². The summed E-state index contributed by atoms with van der Waals surface area (Å²) in [4.78, 5) is 27.4. The number of hydrogen-bond donors (Lipinski definition) is 5. The van der Waals surface area contributed by atoms with Crippen LogP contribution in [0, 0.1) is 0 Å². The summed E-state index contributed by atoms with van der Waals surface area (Å²) in [5.41, 5.74) is 2.91. The Bertz CT molecular complexity index is 916. The van der Waals surface area contributed by atoms with E-state index >= 15 is 0 Å². The molecule has 0 fully saturated rings. The van der Waals surface area contributed by atoms with Gasteiger partial charge in [0.1, 0.15) is 13.7 Å². The SMILES string of the molecule is [B]c1cnc(Nc2cccc(NC(=O)CNC)c2)nc1NCCc1cnc[nH]1. The van der Waals surface area contributed by atoms with E-state index in [9.17, 15) is 4.79 Å². The highest BCUT2D eigenvalue weighted by atomic mass is 16.1. The van der Waals surface area contributed by atoms with Gasteiger partial charge in [-0.25, -0.2) is 9.97 Å². The van der Waals surface area contributed by atoms with Crippen molar-refractivity contribution in [1.29, 1.82) is 0 Å². The number of nitrogens with zero attached hydrogens (tertiary/aromatic N) is 3. The maximum absolute atomic E-state index is 11.7. The van der Waals surface area contributed by atoms with Gasteiger partial charge in [0.2, 0.25) is 11.9 Å². The van der Waals surface area contributed by atoms with E-state index in [4.69, 9.17) is 7.85 Å². The van der Waals surface area contributed by atoms with Crippen molar-refractivity contribution in [3.63, 3.8) is 0 Å². The van der Waals surface area contributed by atoms with E-state index in [0.29, 0.717) is 29.5 Å². The Balaban J connectivity index is 1.63. The third kappa shape index (κ3) is 5.55. The van der Waals surface area contributed by atoms with Gasteiger partial charge < -0.3 is 26.3 Å². The highest BCUT2D eigenvalue weighted by molar-refractivity contribution is 6.35. The topological polar surface area (TPSA) is 120 Å². The minimum Gasteiger partial charge on any atom is -0.370 e. The summed E-state index contributed by atoms with van der Waals surface area (Å²) in [5.74, 6) is 0.833. The molecule has 28 heavy (non-hydrogen) atoms. The summed E-state index contributed by atoms with van der Waals surface area (Å²) >= 11 is 0. The van der Waals surface area contributed by atoms with Crippen LogP contribution in [0.4, 0.5) is 23.1 Å². The molecular weight excluding hydrogens is 355 g/mol. The van der Waals surface area contributed by atoms with Crippen molar-refractivity contribution in [1.82, 2.24) is 25.3 Å². The second-order valence-electron chi connectivity index (χ2n) is 6.04. The molecule has 0 aliphatic carbocycles. The Morgan fingerprint density at radius 3 is 2.89 bits per heavy atom. The molecule has 5 N–H and O–H groups in total. The Hall–Kier alpha value is -3.40. The molecule has 142 valence electrons. The standard InChI is InChI=1S/C18H21BN8O/c1-20-10-16(28)25-12-3-2-4-13(7-12)26-18-23-9-15(19)17(27-18)22-6-5-14-8-21-11-24-14/h2-4,7-9,11,20H,5-6,10H2,1H3,(H,21,24)(H,25,28)(H2,22,23,26,27). The van der Waals surface area contributed by atoms with Crippen LogP contribution < -0.4 is 26.7 Å². The number of anilines is 4. The zero-order chi connectivity index (χ0) is 19.8. The van der Waals surface area contributed by atoms with Crippen LogP contribution in [0.1, 0.15) is 5.69 Å². The zero-order valence-corrected chi connectivity index (χ0v) is 15.5. The lowest BCUT2D eigenvalue weighted by molar-refractivity contribution is -0.115. The quantitative estimate of drug-likeness (QED) is 0.346. The highest BCUT2D eigenvalue weighted by Gasteiger charge is 2.06. The largest absolute Gasteiger partial charge is 0.370 e. The Morgan fingerprint density at radius 2 is 2.11 bits per heavy atom. The lowest BCUT2D eigenvalue weighted by Gasteiger charge is -2.12. The molecule has 0 bridgehead atoms. The second kappa shape index (κ2) is 9.51. The lowest BCUT2D eigenvalue weighted by Crippen LogP contribution is -2.25. The van der Waals surface area contributed by atoms with E-state index < -0.39 is 0 Å². The van der Waals surface area contributed by atoms with Crippen LogP contribution >= 0.6 is 0 Å². The molecule has 2 heterocycles. The molecule has 0 unspecified atom stereocenters.